The quantitative estimate of drug-likeness (QED) is 0.406. The van der Waals surface area contributed by atoms with E-state index in [1.165, 1.54) is 0 Å². The summed E-state index contributed by atoms with van der Waals surface area (Å²) in [4.78, 5) is 46.3. The van der Waals surface area contributed by atoms with Crippen molar-refractivity contribution in [2.24, 2.45) is 5.92 Å². The minimum Gasteiger partial charge on any atom is -0.436 e. The third-order valence-corrected chi connectivity index (χ3v) is 11.2. The van der Waals surface area contributed by atoms with Crippen LogP contribution in [0.2, 0.25) is 0 Å². The highest BCUT2D eigenvalue weighted by Gasteiger charge is 2.34. The lowest BCUT2D eigenvalue weighted by atomic mass is 9.87. The summed E-state index contributed by atoms with van der Waals surface area (Å²) >= 11 is 3.62. The van der Waals surface area contributed by atoms with Crippen molar-refractivity contribution in [1.29, 1.82) is 0 Å². The van der Waals surface area contributed by atoms with E-state index in [9.17, 15) is 14.4 Å². The standard InChI is InChI=1S/C37H48BrN5O4/c1-26-6-7-29(23-32(26)38)24-34(36(45)42-20-18-41(19-21-42)31-10-14-39-15-11-31)47-37(46)43-16-12-27(13-17-43)22-28-8-9-30-4-2-3-5-33(30)40-35(44)25-28/h2-7,23,25,27,31,34,39H,8-22,24H2,1H3,(H,40,44)/t34-/m1/s1. The molecule has 3 saturated heterocycles. The zero-order valence-electron chi connectivity index (χ0n) is 27.5. The number of para-hydroxylation sites is 1. The van der Waals surface area contributed by atoms with E-state index in [0.717, 1.165) is 104 Å². The molecule has 2 aromatic carbocycles. The largest absolute Gasteiger partial charge is 0.436 e. The predicted molar refractivity (Wildman–Crippen MR) is 187 cm³/mol. The van der Waals surface area contributed by atoms with Crippen LogP contribution >= 0.6 is 15.9 Å². The van der Waals surface area contributed by atoms with Crippen molar-refractivity contribution in [2.45, 2.75) is 70.4 Å². The first-order valence-electron chi connectivity index (χ1n) is 17.3. The number of hydrogen-bond acceptors (Lipinski definition) is 6. The third-order valence-electron chi connectivity index (χ3n) is 10.4. The molecule has 0 aromatic heterocycles. The number of halogens is 1. The summed E-state index contributed by atoms with van der Waals surface area (Å²) in [6.07, 6.45) is 7.40. The molecular weight excluding hydrogens is 658 g/mol. The van der Waals surface area contributed by atoms with Gasteiger partial charge in [0.15, 0.2) is 6.10 Å². The summed E-state index contributed by atoms with van der Waals surface area (Å²) < 4.78 is 7.06. The Kier molecular flexibility index (Phi) is 11.3. The van der Waals surface area contributed by atoms with Gasteiger partial charge in [0.1, 0.15) is 0 Å². The van der Waals surface area contributed by atoms with Gasteiger partial charge < -0.3 is 25.2 Å². The summed E-state index contributed by atoms with van der Waals surface area (Å²) in [6, 6.07) is 14.6. The fourth-order valence-electron chi connectivity index (χ4n) is 7.47. The fourth-order valence-corrected chi connectivity index (χ4v) is 7.90. The molecule has 4 aliphatic heterocycles. The molecular formula is C37H48BrN5O4. The van der Waals surface area contributed by atoms with Gasteiger partial charge in [0, 0.05) is 68.0 Å². The molecule has 4 heterocycles. The van der Waals surface area contributed by atoms with Crippen molar-refractivity contribution in [3.05, 3.63) is 75.3 Å². The minimum atomic E-state index is -0.873. The van der Waals surface area contributed by atoms with E-state index in [1.807, 2.05) is 48.2 Å². The number of benzene rings is 2. The Morgan fingerprint density at radius 3 is 2.43 bits per heavy atom. The van der Waals surface area contributed by atoms with Crippen LogP contribution in [0.5, 0.6) is 0 Å². The molecule has 3 fully saturated rings. The van der Waals surface area contributed by atoms with Gasteiger partial charge in [-0.2, -0.15) is 0 Å². The highest BCUT2D eigenvalue weighted by Crippen LogP contribution is 2.30. The molecule has 0 bridgehead atoms. The molecule has 0 unspecified atom stereocenters. The zero-order chi connectivity index (χ0) is 32.8. The number of piperidine rings is 2. The number of nitrogens with one attached hydrogen (secondary N) is 2. The fraction of sp³-hybridized carbons (Fsp3) is 0.541. The number of fused-ring (bicyclic) bond motifs is 1. The number of aryl methyl sites for hydroxylation is 2. The second-order valence-corrected chi connectivity index (χ2v) is 14.4. The lowest BCUT2D eigenvalue weighted by molar-refractivity contribution is -0.143. The number of likely N-dealkylation sites (tertiary alicyclic amines) is 1. The maximum Gasteiger partial charge on any atom is 0.410 e. The van der Waals surface area contributed by atoms with Crippen LogP contribution in [0.1, 0.15) is 55.2 Å². The number of carbonyl (C=O) groups is 3. The molecule has 0 saturated carbocycles. The number of carbonyl (C=O) groups excluding carboxylic acids is 3. The van der Waals surface area contributed by atoms with Gasteiger partial charge >= 0.3 is 6.09 Å². The molecule has 10 heteroatoms. The first-order valence-corrected chi connectivity index (χ1v) is 18.1. The summed E-state index contributed by atoms with van der Waals surface area (Å²) in [7, 11) is 0. The van der Waals surface area contributed by atoms with E-state index in [4.69, 9.17) is 4.74 Å². The summed E-state index contributed by atoms with van der Waals surface area (Å²) in [5.41, 5.74) is 5.29. The molecule has 2 N–H and O–H groups in total. The molecule has 6 rings (SSSR count). The van der Waals surface area contributed by atoms with Gasteiger partial charge in [-0.1, -0.05) is 51.8 Å². The van der Waals surface area contributed by atoms with Crippen molar-refractivity contribution < 1.29 is 19.1 Å². The number of amides is 3. The average Bonchev–Trinajstić information content (AvgIpc) is 3.08. The monoisotopic (exact) mass is 705 g/mol. The predicted octanol–water partition coefficient (Wildman–Crippen LogP) is 5.31. The van der Waals surface area contributed by atoms with E-state index in [1.54, 1.807) is 11.0 Å². The van der Waals surface area contributed by atoms with Gasteiger partial charge in [-0.15, -0.1) is 0 Å². The van der Waals surface area contributed by atoms with Crippen LogP contribution in [0.15, 0.2) is 58.6 Å². The average molecular weight is 707 g/mol. The number of nitrogens with zero attached hydrogens (tertiary/aromatic N) is 3. The molecule has 2 aromatic rings. The lowest BCUT2D eigenvalue weighted by Crippen LogP contribution is -2.56. The van der Waals surface area contributed by atoms with E-state index in [-0.39, 0.29) is 11.8 Å². The molecule has 47 heavy (non-hydrogen) atoms. The van der Waals surface area contributed by atoms with Crippen molar-refractivity contribution >= 4 is 39.5 Å². The van der Waals surface area contributed by atoms with E-state index in [2.05, 4.69) is 37.5 Å². The Balaban J connectivity index is 1.05. The van der Waals surface area contributed by atoms with Crippen LogP contribution in [-0.2, 0) is 27.2 Å². The number of ether oxygens (including phenoxy) is 1. The van der Waals surface area contributed by atoms with Gasteiger partial charge in [-0.3, -0.25) is 14.5 Å². The van der Waals surface area contributed by atoms with Crippen LogP contribution in [0.4, 0.5) is 10.5 Å². The van der Waals surface area contributed by atoms with Crippen molar-refractivity contribution in [3.8, 4) is 0 Å². The smallest absolute Gasteiger partial charge is 0.410 e. The maximum atomic E-state index is 13.9. The molecule has 0 spiro atoms. The first kappa shape index (κ1) is 33.7. The van der Waals surface area contributed by atoms with Gasteiger partial charge in [0.25, 0.3) is 5.91 Å². The Labute approximate surface area is 287 Å². The molecule has 0 aliphatic carbocycles. The molecule has 1 atom stereocenters. The van der Waals surface area contributed by atoms with Crippen LogP contribution in [-0.4, -0.2) is 97.1 Å². The summed E-state index contributed by atoms with van der Waals surface area (Å²) in [5.74, 6) is 0.217. The second-order valence-electron chi connectivity index (χ2n) is 13.6. The first-order chi connectivity index (χ1) is 22.8. The Morgan fingerprint density at radius 2 is 1.68 bits per heavy atom. The molecule has 4 aliphatic rings. The van der Waals surface area contributed by atoms with E-state index < -0.39 is 12.2 Å². The zero-order valence-corrected chi connectivity index (χ0v) is 29.1. The van der Waals surface area contributed by atoms with Crippen molar-refractivity contribution in [3.63, 3.8) is 0 Å². The number of anilines is 1. The number of piperazine rings is 1. The maximum absolute atomic E-state index is 13.9. The van der Waals surface area contributed by atoms with E-state index >= 15 is 0 Å². The highest BCUT2D eigenvalue weighted by molar-refractivity contribution is 9.10. The van der Waals surface area contributed by atoms with Crippen LogP contribution in [0.25, 0.3) is 0 Å². The topological polar surface area (TPSA) is 94.2 Å². The number of rotatable bonds is 7. The summed E-state index contributed by atoms with van der Waals surface area (Å²) in [5, 5.41) is 6.46. The van der Waals surface area contributed by atoms with Gasteiger partial charge in [0.2, 0.25) is 5.91 Å². The van der Waals surface area contributed by atoms with Crippen LogP contribution < -0.4 is 10.6 Å². The SMILES string of the molecule is Cc1ccc(C[C@@H](OC(=O)N2CCC(CC3=CC(=O)Nc4ccccc4CC3)CC2)C(=O)N2CCN(C3CCNCC3)CC2)cc1Br. The number of hydrogen-bond donors (Lipinski definition) is 2. The van der Waals surface area contributed by atoms with Crippen LogP contribution in [0.3, 0.4) is 0 Å². The Morgan fingerprint density at radius 1 is 0.936 bits per heavy atom. The van der Waals surface area contributed by atoms with Crippen LogP contribution in [0, 0.1) is 12.8 Å². The van der Waals surface area contributed by atoms with Crippen molar-refractivity contribution in [2.75, 3.05) is 57.7 Å². The lowest BCUT2D eigenvalue weighted by Gasteiger charge is -2.41. The third kappa shape index (κ3) is 8.83. The normalized spacial score (nSPS) is 20.8. The van der Waals surface area contributed by atoms with Gasteiger partial charge in [-0.25, -0.2) is 4.79 Å². The van der Waals surface area contributed by atoms with E-state index in [0.29, 0.717) is 44.6 Å². The molecule has 3 amide bonds. The number of allylic oxidation sites excluding steroid dienone is 1. The molecule has 252 valence electrons. The second kappa shape index (κ2) is 15.8. The Hall–Kier alpha value is -3.21. The molecule has 0 radical (unpaired) electrons. The van der Waals surface area contributed by atoms with Gasteiger partial charge in [-0.05, 0) is 99.7 Å². The highest BCUT2D eigenvalue weighted by atomic mass is 79.9. The van der Waals surface area contributed by atoms with Crippen molar-refractivity contribution in [1.82, 2.24) is 20.0 Å². The minimum absolute atomic E-state index is 0.0721. The Bertz CT molecular complexity index is 1460. The molecule has 9 nitrogen and oxygen atoms in total. The van der Waals surface area contributed by atoms with Gasteiger partial charge in [0.05, 0.1) is 0 Å². The summed E-state index contributed by atoms with van der Waals surface area (Å²) in [6.45, 7) is 8.30.